The lowest BCUT2D eigenvalue weighted by Crippen LogP contribution is -2.44. The van der Waals surface area contributed by atoms with Gasteiger partial charge in [-0.2, -0.15) is 0 Å². The highest BCUT2D eigenvalue weighted by molar-refractivity contribution is 5.99. The van der Waals surface area contributed by atoms with Gasteiger partial charge in [0.25, 0.3) is 0 Å². The van der Waals surface area contributed by atoms with Gasteiger partial charge in [-0.3, -0.25) is 4.90 Å². The lowest BCUT2D eigenvalue weighted by atomic mass is 10.1. The largest absolute Gasteiger partial charge is 0.496 e. The molecule has 0 radical (unpaired) electrons. The standard InChI is InChI=1S/C15H23N3O3/c1-10-7-18(8-11(2)21-10)9-12-4-5-13(15(16)17-19)14(6-12)20-3/h4-6,10-11,19H,7-9H2,1-3H3,(H2,16,17). The molecule has 2 atom stereocenters. The van der Waals surface area contributed by atoms with Crippen LogP contribution in [0.15, 0.2) is 23.4 Å². The quantitative estimate of drug-likeness (QED) is 0.379. The van der Waals surface area contributed by atoms with Gasteiger partial charge in [0.05, 0.1) is 24.9 Å². The van der Waals surface area contributed by atoms with Gasteiger partial charge in [0.15, 0.2) is 5.84 Å². The van der Waals surface area contributed by atoms with Gasteiger partial charge < -0.3 is 20.4 Å². The van der Waals surface area contributed by atoms with Gasteiger partial charge in [-0.1, -0.05) is 11.2 Å². The van der Waals surface area contributed by atoms with Gasteiger partial charge in [0.1, 0.15) is 5.75 Å². The third kappa shape index (κ3) is 3.86. The maximum atomic E-state index is 8.78. The molecule has 1 aromatic carbocycles. The first-order chi connectivity index (χ1) is 10.0. The SMILES string of the molecule is COc1cc(CN2CC(C)OC(C)C2)ccc1/C(N)=N/O. The van der Waals surface area contributed by atoms with E-state index in [-0.39, 0.29) is 18.0 Å². The highest BCUT2D eigenvalue weighted by Gasteiger charge is 2.22. The zero-order valence-corrected chi connectivity index (χ0v) is 12.7. The molecule has 0 bridgehead atoms. The number of nitrogens with zero attached hydrogens (tertiary/aromatic N) is 2. The fourth-order valence-electron chi connectivity index (χ4n) is 2.77. The number of morpholine rings is 1. The molecule has 0 aromatic heterocycles. The van der Waals surface area contributed by atoms with Gasteiger partial charge in [0, 0.05) is 19.6 Å². The van der Waals surface area contributed by atoms with Crippen LogP contribution in [0.25, 0.3) is 0 Å². The summed E-state index contributed by atoms with van der Waals surface area (Å²) >= 11 is 0. The Morgan fingerprint density at radius 2 is 2.10 bits per heavy atom. The zero-order chi connectivity index (χ0) is 15.4. The Morgan fingerprint density at radius 1 is 1.43 bits per heavy atom. The third-order valence-corrected chi connectivity index (χ3v) is 3.55. The molecule has 2 unspecified atom stereocenters. The van der Waals surface area contributed by atoms with Crippen LogP contribution in [0.2, 0.25) is 0 Å². The smallest absolute Gasteiger partial charge is 0.173 e. The van der Waals surface area contributed by atoms with E-state index >= 15 is 0 Å². The van der Waals surface area contributed by atoms with Crippen LogP contribution >= 0.6 is 0 Å². The van der Waals surface area contributed by atoms with Crippen LogP contribution in [-0.2, 0) is 11.3 Å². The average Bonchev–Trinajstić information content (AvgIpc) is 2.45. The van der Waals surface area contributed by atoms with Crippen LogP contribution in [0, 0.1) is 0 Å². The Kier molecular flexibility index (Phi) is 5.03. The molecule has 6 nitrogen and oxygen atoms in total. The van der Waals surface area contributed by atoms with E-state index in [0.29, 0.717) is 11.3 Å². The van der Waals surface area contributed by atoms with Crippen molar-refractivity contribution in [2.45, 2.75) is 32.6 Å². The van der Waals surface area contributed by atoms with Crippen LogP contribution in [0.4, 0.5) is 0 Å². The molecule has 0 aliphatic carbocycles. The number of amidine groups is 1. The maximum Gasteiger partial charge on any atom is 0.173 e. The van der Waals surface area contributed by atoms with Gasteiger partial charge in [-0.05, 0) is 31.5 Å². The van der Waals surface area contributed by atoms with E-state index in [9.17, 15) is 0 Å². The first-order valence-electron chi connectivity index (χ1n) is 7.06. The van der Waals surface area contributed by atoms with Gasteiger partial charge in [-0.25, -0.2) is 0 Å². The van der Waals surface area contributed by atoms with Crippen molar-refractivity contribution in [1.82, 2.24) is 4.90 Å². The topological polar surface area (TPSA) is 80.3 Å². The lowest BCUT2D eigenvalue weighted by Gasteiger charge is -2.35. The molecule has 0 spiro atoms. The number of oxime groups is 1. The van der Waals surface area contributed by atoms with Gasteiger partial charge in [-0.15, -0.1) is 0 Å². The minimum absolute atomic E-state index is 0.0482. The van der Waals surface area contributed by atoms with Gasteiger partial charge >= 0.3 is 0 Å². The number of ether oxygens (including phenoxy) is 2. The number of rotatable bonds is 4. The van der Waals surface area contributed by atoms with Crippen molar-refractivity contribution in [2.24, 2.45) is 10.9 Å². The number of methoxy groups -OCH3 is 1. The second kappa shape index (κ2) is 6.78. The molecule has 2 rings (SSSR count). The van der Waals surface area contributed by atoms with Crippen molar-refractivity contribution < 1.29 is 14.7 Å². The van der Waals surface area contributed by atoms with Crippen molar-refractivity contribution >= 4 is 5.84 Å². The predicted molar refractivity (Wildman–Crippen MR) is 80.8 cm³/mol. The van der Waals surface area contributed by atoms with Crippen LogP contribution < -0.4 is 10.5 Å². The Morgan fingerprint density at radius 3 is 2.67 bits per heavy atom. The highest BCUT2D eigenvalue weighted by Crippen LogP contribution is 2.22. The summed E-state index contributed by atoms with van der Waals surface area (Å²) in [6.45, 7) is 6.82. The van der Waals surface area contributed by atoms with E-state index in [2.05, 4.69) is 23.9 Å². The van der Waals surface area contributed by atoms with Crippen molar-refractivity contribution in [2.75, 3.05) is 20.2 Å². The molecule has 1 saturated heterocycles. The van der Waals surface area contributed by atoms with E-state index in [4.69, 9.17) is 20.4 Å². The summed E-state index contributed by atoms with van der Waals surface area (Å²) in [6.07, 6.45) is 0.485. The van der Waals surface area contributed by atoms with Crippen LogP contribution in [0.3, 0.4) is 0 Å². The fraction of sp³-hybridized carbons (Fsp3) is 0.533. The average molecular weight is 293 g/mol. The minimum atomic E-state index is 0.0482. The second-order valence-corrected chi connectivity index (χ2v) is 5.47. The zero-order valence-electron chi connectivity index (χ0n) is 12.7. The fourth-order valence-corrected chi connectivity index (χ4v) is 2.77. The molecular weight excluding hydrogens is 270 g/mol. The monoisotopic (exact) mass is 293 g/mol. The van der Waals surface area contributed by atoms with E-state index < -0.39 is 0 Å². The molecule has 0 amide bonds. The molecule has 21 heavy (non-hydrogen) atoms. The summed E-state index contributed by atoms with van der Waals surface area (Å²) in [7, 11) is 1.58. The van der Waals surface area contributed by atoms with E-state index in [1.165, 1.54) is 0 Å². The van der Waals surface area contributed by atoms with Crippen molar-refractivity contribution in [3.63, 3.8) is 0 Å². The third-order valence-electron chi connectivity index (χ3n) is 3.55. The molecule has 1 aliphatic heterocycles. The molecule has 0 saturated carbocycles. The first-order valence-corrected chi connectivity index (χ1v) is 7.06. The summed E-state index contributed by atoms with van der Waals surface area (Å²) in [5.74, 6) is 0.657. The molecule has 116 valence electrons. The van der Waals surface area contributed by atoms with Crippen LogP contribution in [-0.4, -0.2) is 48.4 Å². The predicted octanol–water partition coefficient (Wildman–Crippen LogP) is 1.40. The molecule has 1 heterocycles. The summed E-state index contributed by atoms with van der Waals surface area (Å²) in [5.41, 5.74) is 7.35. The Hall–Kier alpha value is -1.79. The minimum Gasteiger partial charge on any atom is -0.496 e. The van der Waals surface area contributed by atoms with Crippen molar-refractivity contribution in [3.05, 3.63) is 29.3 Å². The highest BCUT2D eigenvalue weighted by atomic mass is 16.5. The molecule has 1 fully saturated rings. The van der Waals surface area contributed by atoms with Crippen LogP contribution in [0.1, 0.15) is 25.0 Å². The molecular formula is C15H23N3O3. The normalized spacial score (nSPS) is 24.0. The molecule has 6 heteroatoms. The van der Waals surface area contributed by atoms with Crippen molar-refractivity contribution in [3.8, 4) is 5.75 Å². The summed E-state index contributed by atoms with van der Waals surface area (Å²) < 4.78 is 11.1. The van der Waals surface area contributed by atoms with E-state index in [1.807, 2.05) is 18.2 Å². The van der Waals surface area contributed by atoms with Crippen LogP contribution in [0.5, 0.6) is 5.75 Å². The second-order valence-electron chi connectivity index (χ2n) is 5.47. The Balaban J connectivity index is 2.14. The van der Waals surface area contributed by atoms with Gasteiger partial charge in [0.2, 0.25) is 0 Å². The number of benzene rings is 1. The number of hydrogen-bond acceptors (Lipinski definition) is 5. The Bertz CT molecular complexity index is 509. The summed E-state index contributed by atoms with van der Waals surface area (Å²) in [5, 5.41) is 11.8. The summed E-state index contributed by atoms with van der Waals surface area (Å²) in [6, 6.07) is 5.72. The maximum absolute atomic E-state index is 8.78. The van der Waals surface area contributed by atoms with E-state index in [1.54, 1.807) is 7.11 Å². The Labute approximate surface area is 125 Å². The van der Waals surface area contributed by atoms with Crippen molar-refractivity contribution in [1.29, 1.82) is 0 Å². The number of nitrogens with two attached hydrogens (primary N) is 1. The number of hydrogen-bond donors (Lipinski definition) is 2. The summed E-state index contributed by atoms with van der Waals surface area (Å²) in [4.78, 5) is 2.36. The molecule has 1 aromatic rings. The van der Waals surface area contributed by atoms with E-state index in [0.717, 1.165) is 25.2 Å². The first kappa shape index (κ1) is 15.6. The molecule has 1 aliphatic rings. The molecule has 3 N–H and O–H groups in total. The lowest BCUT2D eigenvalue weighted by molar-refractivity contribution is -0.0704.